The first-order valence-corrected chi connectivity index (χ1v) is 9.22. The Hall–Kier alpha value is -2.12. The summed E-state index contributed by atoms with van der Waals surface area (Å²) in [6.45, 7) is 1.43. The molecule has 0 aliphatic rings. The topological polar surface area (TPSA) is 66.5 Å². The summed E-state index contributed by atoms with van der Waals surface area (Å²) in [7, 11) is -3.79. The van der Waals surface area contributed by atoms with Gasteiger partial charge in [-0.3, -0.25) is 9.10 Å². The minimum Gasteiger partial charge on any atom is -0.324 e. The van der Waals surface area contributed by atoms with Crippen molar-refractivity contribution in [2.24, 2.45) is 0 Å². The van der Waals surface area contributed by atoms with Gasteiger partial charge in [0.05, 0.1) is 11.9 Å². The van der Waals surface area contributed by atoms with E-state index in [0.29, 0.717) is 10.7 Å². The summed E-state index contributed by atoms with van der Waals surface area (Å²) in [6.07, 6.45) is 0.962. The third-order valence-electron chi connectivity index (χ3n) is 3.26. The summed E-state index contributed by atoms with van der Waals surface area (Å²) in [5, 5.41) is 3.12. The van der Waals surface area contributed by atoms with Gasteiger partial charge in [-0.2, -0.15) is 0 Å². The van der Waals surface area contributed by atoms with E-state index in [9.17, 15) is 17.6 Å². The molecule has 0 heterocycles. The highest BCUT2D eigenvalue weighted by atomic mass is 35.5. The average Bonchev–Trinajstić information content (AvgIpc) is 2.48. The second-order valence-corrected chi connectivity index (χ2v) is 7.51. The third kappa shape index (κ3) is 4.46. The van der Waals surface area contributed by atoms with Crippen LogP contribution in [-0.4, -0.2) is 26.6 Å². The predicted molar refractivity (Wildman–Crippen MR) is 93.3 cm³/mol. The number of nitrogens with one attached hydrogen (secondary N) is 1. The molecule has 0 aliphatic carbocycles. The fourth-order valence-corrected chi connectivity index (χ4v) is 3.49. The van der Waals surface area contributed by atoms with Gasteiger partial charge < -0.3 is 5.32 Å². The van der Waals surface area contributed by atoms with E-state index in [1.165, 1.54) is 25.1 Å². The van der Waals surface area contributed by atoms with Crippen molar-refractivity contribution in [3.05, 3.63) is 59.4 Å². The molecule has 0 fully saturated rings. The van der Waals surface area contributed by atoms with Crippen molar-refractivity contribution in [3.63, 3.8) is 0 Å². The Bertz CT molecular complexity index is 841. The van der Waals surface area contributed by atoms with Crippen molar-refractivity contribution >= 4 is 38.9 Å². The largest absolute Gasteiger partial charge is 0.324 e. The number of halogens is 2. The van der Waals surface area contributed by atoms with Crippen LogP contribution in [0.5, 0.6) is 0 Å². The van der Waals surface area contributed by atoms with Crippen LogP contribution in [0.15, 0.2) is 48.5 Å². The number of anilines is 2. The van der Waals surface area contributed by atoms with Crippen LogP contribution in [-0.2, 0) is 14.8 Å². The van der Waals surface area contributed by atoms with Crippen LogP contribution in [0.4, 0.5) is 15.8 Å². The lowest BCUT2D eigenvalue weighted by Crippen LogP contribution is -2.45. The molecule has 0 saturated heterocycles. The van der Waals surface area contributed by atoms with E-state index < -0.39 is 27.8 Å². The fraction of sp³-hybridized carbons (Fsp3) is 0.188. The van der Waals surface area contributed by atoms with Crippen LogP contribution >= 0.6 is 11.6 Å². The lowest BCUT2D eigenvalue weighted by atomic mass is 10.2. The molecule has 0 spiro atoms. The van der Waals surface area contributed by atoms with Crippen LogP contribution in [0.25, 0.3) is 0 Å². The zero-order valence-electron chi connectivity index (χ0n) is 13.0. The quantitative estimate of drug-likeness (QED) is 0.878. The van der Waals surface area contributed by atoms with Crippen molar-refractivity contribution in [2.45, 2.75) is 13.0 Å². The van der Waals surface area contributed by atoms with E-state index >= 15 is 0 Å². The van der Waals surface area contributed by atoms with Crippen LogP contribution in [0.1, 0.15) is 6.92 Å². The Morgan fingerprint density at radius 3 is 2.38 bits per heavy atom. The molecule has 1 unspecified atom stereocenters. The smallest absolute Gasteiger partial charge is 0.247 e. The van der Waals surface area contributed by atoms with Crippen molar-refractivity contribution in [1.29, 1.82) is 0 Å². The van der Waals surface area contributed by atoms with Gasteiger partial charge in [-0.15, -0.1) is 0 Å². The number of benzene rings is 2. The third-order valence-corrected chi connectivity index (χ3v) is 4.76. The fourth-order valence-electron chi connectivity index (χ4n) is 2.20. The van der Waals surface area contributed by atoms with Crippen LogP contribution in [0.2, 0.25) is 5.02 Å². The number of hydrogen-bond donors (Lipinski definition) is 1. The Balaban J connectivity index is 2.29. The van der Waals surface area contributed by atoms with Crippen LogP contribution in [0, 0.1) is 5.82 Å². The number of carbonyl (C=O) groups excluding carboxylic acids is 1. The zero-order valence-corrected chi connectivity index (χ0v) is 14.6. The molecule has 1 N–H and O–H groups in total. The van der Waals surface area contributed by atoms with Crippen LogP contribution in [0.3, 0.4) is 0 Å². The van der Waals surface area contributed by atoms with Gasteiger partial charge in [0, 0.05) is 10.7 Å². The first kappa shape index (κ1) is 18.2. The molecule has 0 radical (unpaired) electrons. The number of rotatable bonds is 5. The molecule has 2 aromatic rings. The summed E-state index contributed by atoms with van der Waals surface area (Å²) >= 11 is 5.78. The normalized spacial score (nSPS) is 12.5. The summed E-state index contributed by atoms with van der Waals surface area (Å²) in [4.78, 5) is 12.4. The molecule has 24 heavy (non-hydrogen) atoms. The number of hydrogen-bond acceptors (Lipinski definition) is 3. The summed E-state index contributed by atoms with van der Waals surface area (Å²) < 4.78 is 38.5. The van der Waals surface area contributed by atoms with Gasteiger partial charge in [-0.25, -0.2) is 12.8 Å². The van der Waals surface area contributed by atoms with E-state index in [2.05, 4.69) is 5.32 Å². The highest BCUT2D eigenvalue weighted by Gasteiger charge is 2.29. The molecule has 0 aromatic heterocycles. The molecule has 0 aliphatic heterocycles. The molecule has 2 rings (SSSR count). The Morgan fingerprint density at radius 1 is 1.21 bits per heavy atom. The Labute approximate surface area is 145 Å². The number of amides is 1. The zero-order chi connectivity index (χ0) is 17.9. The highest BCUT2D eigenvalue weighted by Crippen LogP contribution is 2.22. The average molecular weight is 371 g/mol. The first-order valence-electron chi connectivity index (χ1n) is 7.00. The van der Waals surface area contributed by atoms with Gasteiger partial charge in [0.1, 0.15) is 11.9 Å². The van der Waals surface area contributed by atoms with E-state index in [4.69, 9.17) is 11.6 Å². The summed E-state index contributed by atoms with van der Waals surface area (Å²) in [5.41, 5.74) is 0.556. The molecule has 0 bridgehead atoms. The SMILES string of the molecule is CC(C(=O)Nc1ccc(Cl)cc1)N(c1cccc(F)c1)S(C)(=O)=O. The lowest BCUT2D eigenvalue weighted by molar-refractivity contribution is -0.116. The van der Waals surface area contributed by atoms with Crippen molar-refractivity contribution in [1.82, 2.24) is 0 Å². The molecule has 1 amide bonds. The maximum Gasteiger partial charge on any atom is 0.247 e. The summed E-state index contributed by atoms with van der Waals surface area (Å²) in [5.74, 6) is -1.14. The monoisotopic (exact) mass is 370 g/mol. The minimum atomic E-state index is -3.79. The standard InChI is InChI=1S/C16H16ClFN2O3S/c1-11(16(21)19-14-8-6-12(17)7-9-14)20(24(2,22)23)15-5-3-4-13(18)10-15/h3-11H,1-2H3,(H,19,21). The Kier molecular flexibility index (Phi) is 5.46. The molecule has 2 aromatic carbocycles. The number of nitrogens with zero attached hydrogens (tertiary/aromatic N) is 1. The van der Waals surface area contributed by atoms with Crippen molar-refractivity contribution in [3.8, 4) is 0 Å². The van der Waals surface area contributed by atoms with E-state index in [1.807, 2.05) is 0 Å². The first-order chi connectivity index (χ1) is 11.2. The van der Waals surface area contributed by atoms with E-state index in [1.54, 1.807) is 24.3 Å². The predicted octanol–water partition coefficient (Wildman–Crippen LogP) is 3.27. The maximum absolute atomic E-state index is 13.4. The van der Waals surface area contributed by atoms with Crippen molar-refractivity contribution < 1.29 is 17.6 Å². The second kappa shape index (κ2) is 7.19. The molecular formula is C16H16ClFN2O3S. The number of carbonyl (C=O) groups is 1. The van der Waals surface area contributed by atoms with Gasteiger partial charge in [0.2, 0.25) is 15.9 Å². The maximum atomic E-state index is 13.4. The molecule has 1 atom stereocenters. The highest BCUT2D eigenvalue weighted by molar-refractivity contribution is 7.92. The van der Waals surface area contributed by atoms with Crippen molar-refractivity contribution in [2.75, 3.05) is 15.9 Å². The molecule has 128 valence electrons. The van der Waals surface area contributed by atoms with Gasteiger partial charge >= 0.3 is 0 Å². The van der Waals surface area contributed by atoms with Gasteiger partial charge in [-0.1, -0.05) is 17.7 Å². The number of sulfonamides is 1. The molecule has 0 saturated carbocycles. The van der Waals surface area contributed by atoms with Gasteiger partial charge in [0.15, 0.2) is 0 Å². The Morgan fingerprint density at radius 2 is 1.83 bits per heavy atom. The second-order valence-electron chi connectivity index (χ2n) is 5.21. The van der Waals surface area contributed by atoms with E-state index in [-0.39, 0.29) is 5.69 Å². The molecule has 5 nitrogen and oxygen atoms in total. The lowest BCUT2D eigenvalue weighted by Gasteiger charge is -2.28. The minimum absolute atomic E-state index is 0.0799. The molecular weight excluding hydrogens is 355 g/mol. The van der Waals surface area contributed by atoms with E-state index in [0.717, 1.165) is 16.6 Å². The summed E-state index contributed by atoms with van der Waals surface area (Å²) in [6, 6.07) is 10.4. The van der Waals surface area contributed by atoms with Gasteiger partial charge in [0.25, 0.3) is 0 Å². The van der Waals surface area contributed by atoms with Crippen LogP contribution < -0.4 is 9.62 Å². The van der Waals surface area contributed by atoms with Gasteiger partial charge in [-0.05, 0) is 49.4 Å². The molecule has 8 heteroatoms.